The fourth-order valence-corrected chi connectivity index (χ4v) is 2.67. The Bertz CT molecular complexity index is 182. The molecule has 0 aromatic heterocycles. The minimum absolute atomic E-state index is 0.150. The Balaban J connectivity index is 2.51. The second-order valence-corrected chi connectivity index (χ2v) is 5.60. The highest BCUT2D eigenvalue weighted by Gasteiger charge is 2.23. The lowest BCUT2D eigenvalue weighted by molar-refractivity contribution is 0.102. The molecule has 1 N–H and O–H groups in total. The van der Waals surface area contributed by atoms with Crippen molar-refractivity contribution >= 4 is 0 Å². The number of hydrogen-bond donors (Lipinski definition) is 1. The van der Waals surface area contributed by atoms with E-state index in [0.717, 1.165) is 12.3 Å². The molecular weight excluding hydrogens is 198 g/mol. The second kappa shape index (κ2) is 7.29. The molecule has 2 nitrogen and oxygen atoms in total. The first-order chi connectivity index (χ1) is 7.63. The fraction of sp³-hybridized carbons (Fsp3) is 1.00. The maximum absolute atomic E-state index is 9.58. The molecule has 0 aromatic rings. The van der Waals surface area contributed by atoms with E-state index < -0.39 is 0 Å². The van der Waals surface area contributed by atoms with Crippen LogP contribution >= 0.6 is 0 Å². The van der Waals surface area contributed by atoms with E-state index in [2.05, 4.69) is 18.7 Å². The van der Waals surface area contributed by atoms with Crippen LogP contribution in [-0.4, -0.2) is 35.2 Å². The van der Waals surface area contributed by atoms with Crippen LogP contribution in [-0.2, 0) is 0 Å². The van der Waals surface area contributed by atoms with Crippen LogP contribution in [0.25, 0.3) is 0 Å². The molecule has 1 aliphatic rings. The lowest BCUT2D eigenvalue weighted by atomic mass is 10.0. The minimum atomic E-state index is -0.150. The molecule has 96 valence electrons. The van der Waals surface area contributed by atoms with Gasteiger partial charge in [0.05, 0.1) is 6.10 Å². The number of likely N-dealkylation sites (tertiary alicyclic amines) is 1. The summed E-state index contributed by atoms with van der Waals surface area (Å²) in [6.07, 6.45) is 7.40. The van der Waals surface area contributed by atoms with Gasteiger partial charge in [-0.05, 0) is 38.6 Å². The first-order valence-electron chi connectivity index (χ1n) is 7.05. The van der Waals surface area contributed by atoms with Crippen molar-refractivity contribution in [3.63, 3.8) is 0 Å². The summed E-state index contributed by atoms with van der Waals surface area (Å²) in [5.74, 6) is 0.787. The van der Waals surface area contributed by atoms with Gasteiger partial charge in [-0.1, -0.05) is 33.1 Å². The van der Waals surface area contributed by atoms with E-state index >= 15 is 0 Å². The minimum Gasteiger partial charge on any atom is -0.393 e. The Labute approximate surface area is 101 Å². The summed E-state index contributed by atoms with van der Waals surface area (Å²) in [5, 5.41) is 9.58. The maximum Gasteiger partial charge on any atom is 0.0527 e. The van der Waals surface area contributed by atoms with Gasteiger partial charge < -0.3 is 10.0 Å². The Morgan fingerprint density at radius 1 is 1.25 bits per heavy atom. The summed E-state index contributed by atoms with van der Waals surface area (Å²) < 4.78 is 0. The molecule has 0 spiro atoms. The predicted octanol–water partition coefficient (Wildman–Crippen LogP) is 3.05. The van der Waals surface area contributed by atoms with Gasteiger partial charge >= 0.3 is 0 Å². The monoisotopic (exact) mass is 227 g/mol. The van der Waals surface area contributed by atoms with Gasteiger partial charge in [0.2, 0.25) is 0 Å². The predicted molar refractivity (Wildman–Crippen MR) is 69.6 cm³/mol. The van der Waals surface area contributed by atoms with E-state index in [4.69, 9.17) is 0 Å². The zero-order valence-electron chi connectivity index (χ0n) is 11.3. The maximum atomic E-state index is 9.58. The molecule has 1 rings (SSSR count). The largest absolute Gasteiger partial charge is 0.393 e. The lowest BCUT2D eigenvalue weighted by Crippen LogP contribution is -2.39. The first-order valence-corrected chi connectivity index (χ1v) is 7.05. The number of nitrogens with zero attached hydrogens (tertiary/aromatic N) is 1. The van der Waals surface area contributed by atoms with E-state index in [-0.39, 0.29) is 6.10 Å². The number of hydrogen-bond acceptors (Lipinski definition) is 2. The third kappa shape index (κ3) is 4.84. The molecule has 2 heteroatoms. The van der Waals surface area contributed by atoms with E-state index in [1.54, 1.807) is 0 Å². The van der Waals surface area contributed by atoms with Gasteiger partial charge in [-0.2, -0.15) is 0 Å². The van der Waals surface area contributed by atoms with Crippen LogP contribution in [0, 0.1) is 5.92 Å². The molecule has 1 saturated heterocycles. The molecule has 0 aliphatic carbocycles. The number of aliphatic hydroxyl groups is 1. The van der Waals surface area contributed by atoms with Crippen molar-refractivity contribution in [3.05, 3.63) is 0 Å². The van der Waals surface area contributed by atoms with Crippen molar-refractivity contribution in [1.82, 2.24) is 4.90 Å². The topological polar surface area (TPSA) is 23.5 Å². The van der Waals surface area contributed by atoms with Crippen LogP contribution in [0.1, 0.15) is 59.3 Å². The van der Waals surface area contributed by atoms with Crippen LogP contribution in [0.3, 0.4) is 0 Å². The molecule has 16 heavy (non-hydrogen) atoms. The molecule has 0 amide bonds. The van der Waals surface area contributed by atoms with Gasteiger partial charge in [-0.15, -0.1) is 0 Å². The normalized spacial score (nSPS) is 27.4. The van der Waals surface area contributed by atoms with Gasteiger partial charge in [0.15, 0.2) is 0 Å². The molecule has 3 atom stereocenters. The molecule has 0 saturated carbocycles. The Morgan fingerprint density at radius 3 is 2.62 bits per heavy atom. The summed E-state index contributed by atoms with van der Waals surface area (Å²) in [7, 11) is 0. The molecule has 1 fully saturated rings. The van der Waals surface area contributed by atoms with Crippen molar-refractivity contribution in [3.8, 4) is 0 Å². The van der Waals surface area contributed by atoms with E-state index in [1.165, 1.54) is 45.2 Å². The molecule has 1 heterocycles. The smallest absolute Gasteiger partial charge is 0.0527 e. The van der Waals surface area contributed by atoms with E-state index in [9.17, 15) is 5.11 Å². The Hall–Kier alpha value is -0.0800. The van der Waals surface area contributed by atoms with Gasteiger partial charge in [0.25, 0.3) is 0 Å². The highest BCUT2D eigenvalue weighted by molar-refractivity contribution is 4.78. The third-order valence-electron chi connectivity index (χ3n) is 3.86. The SMILES string of the molecule is CCC(C)CN1CCCCCC1CC(C)O. The fourth-order valence-electron chi connectivity index (χ4n) is 2.67. The first kappa shape index (κ1) is 14.0. The highest BCUT2D eigenvalue weighted by Crippen LogP contribution is 2.22. The van der Waals surface area contributed by atoms with Crippen molar-refractivity contribution < 1.29 is 5.11 Å². The van der Waals surface area contributed by atoms with E-state index in [0.29, 0.717) is 6.04 Å². The summed E-state index contributed by atoms with van der Waals surface area (Å²) in [6, 6.07) is 0.622. The lowest BCUT2D eigenvalue weighted by Gasteiger charge is -2.32. The second-order valence-electron chi connectivity index (χ2n) is 5.60. The molecule has 0 aromatic carbocycles. The molecule has 1 aliphatic heterocycles. The van der Waals surface area contributed by atoms with Crippen LogP contribution in [0.2, 0.25) is 0 Å². The average Bonchev–Trinajstić information content (AvgIpc) is 2.44. The third-order valence-corrected chi connectivity index (χ3v) is 3.86. The van der Waals surface area contributed by atoms with Crippen molar-refractivity contribution in [2.24, 2.45) is 5.92 Å². The van der Waals surface area contributed by atoms with Gasteiger partial charge in [0.1, 0.15) is 0 Å². The quantitative estimate of drug-likeness (QED) is 0.780. The van der Waals surface area contributed by atoms with Crippen LogP contribution in [0.15, 0.2) is 0 Å². The highest BCUT2D eigenvalue weighted by atomic mass is 16.3. The van der Waals surface area contributed by atoms with Gasteiger partial charge in [0, 0.05) is 12.6 Å². The number of rotatable bonds is 5. The van der Waals surface area contributed by atoms with Crippen molar-refractivity contribution in [2.75, 3.05) is 13.1 Å². The van der Waals surface area contributed by atoms with Crippen molar-refractivity contribution in [2.45, 2.75) is 71.4 Å². The summed E-state index contributed by atoms with van der Waals surface area (Å²) >= 11 is 0. The van der Waals surface area contributed by atoms with Crippen LogP contribution < -0.4 is 0 Å². The molecule has 0 bridgehead atoms. The van der Waals surface area contributed by atoms with Crippen molar-refractivity contribution in [1.29, 1.82) is 0 Å². The molecule has 3 unspecified atom stereocenters. The summed E-state index contributed by atoms with van der Waals surface area (Å²) in [4.78, 5) is 2.63. The van der Waals surface area contributed by atoms with Gasteiger partial charge in [-0.3, -0.25) is 0 Å². The summed E-state index contributed by atoms with van der Waals surface area (Å²) in [5.41, 5.74) is 0. The molecule has 0 radical (unpaired) electrons. The standard InChI is InChI=1S/C14H29NO/c1-4-12(2)11-15-9-7-5-6-8-14(15)10-13(3)16/h12-14,16H,4-11H2,1-3H3. The van der Waals surface area contributed by atoms with Gasteiger partial charge in [-0.25, -0.2) is 0 Å². The number of aliphatic hydroxyl groups excluding tert-OH is 1. The van der Waals surface area contributed by atoms with Crippen LogP contribution in [0.5, 0.6) is 0 Å². The van der Waals surface area contributed by atoms with E-state index in [1.807, 2.05) is 6.92 Å². The zero-order chi connectivity index (χ0) is 12.0. The summed E-state index contributed by atoms with van der Waals surface area (Å²) in [6.45, 7) is 8.98. The van der Waals surface area contributed by atoms with Crippen LogP contribution in [0.4, 0.5) is 0 Å². The Kier molecular flexibility index (Phi) is 6.37. The Morgan fingerprint density at radius 2 is 2.00 bits per heavy atom. The zero-order valence-corrected chi connectivity index (χ0v) is 11.3. The average molecular weight is 227 g/mol. The molecular formula is C14H29NO.